The van der Waals surface area contributed by atoms with E-state index in [0.717, 1.165) is 11.5 Å². The van der Waals surface area contributed by atoms with Crippen LogP contribution in [0, 0.1) is 0 Å². The van der Waals surface area contributed by atoms with Gasteiger partial charge in [0.25, 0.3) is 0 Å². The summed E-state index contributed by atoms with van der Waals surface area (Å²) in [5, 5.41) is 10.4. The lowest BCUT2D eigenvalue weighted by Gasteiger charge is -2.16. The van der Waals surface area contributed by atoms with Gasteiger partial charge in [0.05, 0.1) is 18.8 Å². The van der Waals surface area contributed by atoms with Crippen LogP contribution in [-0.4, -0.2) is 37.9 Å². The van der Waals surface area contributed by atoms with E-state index in [1.54, 1.807) is 14.2 Å². The van der Waals surface area contributed by atoms with Gasteiger partial charge in [-0.2, -0.15) is 0 Å². The van der Waals surface area contributed by atoms with Crippen molar-refractivity contribution in [2.24, 2.45) is 4.99 Å². The van der Waals surface area contributed by atoms with Crippen LogP contribution in [-0.2, 0) is 11.3 Å². The van der Waals surface area contributed by atoms with Gasteiger partial charge in [-0.25, -0.2) is 0 Å². The van der Waals surface area contributed by atoms with Crippen molar-refractivity contribution < 1.29 is 9.26 Å². The molecule has 0 spiro atoms. The topological polar surface area (TPSA) is 71.7 Å². The summed E-state index contributed by atoms with van der Waals surface area (Å²) in [5.41, 5.74) is 0.965. The normalized spacial score (nSPS) is 13.0. The van der Waals surface area contributed by atoms with Gasteiger partial charge in [0.1, 0.15) is 0 Å². The lowest BCUT2D eigenvalue weighted by atomic mass is 10.1. The van der Waals surface area contributed by atoms with Gasteiger partial charge in [-0.1, -0.05) is 19.0 Å². The fraction of sp³-hybridized carbons (Fsp3) is 0.692. The highest BCUT2D eigenvalue weighted by atomic mass is 127. The van der Waals surface area contributed by atoms with Crippen LogP contribution in [0.25, 0.3) is 0 Å². The quantitative estimate of drug-likeness (QED) is 0.438. The van der Waals surface area contributed by atoms with E-state index in [4.69, 9.17) is 9.26 Å². The Morgan fingerprint density at radius 3 is 2.65 bits per heavy atom. The first-order valence-corrected chi connectivity index (χ1v) is 6.48. The predicted octanol–water partition coefficient (Wildman–Crippen LogP) is 2.12. The molecule has 0 saturated heterocycles. The molecule has 0 radical (unpaired) electrons. The third kappa shape index (κ3) is 6.56. The Balaban J connectivity index is 0.00000361. The molecule has 0 saturated carbocycles. The summed E-state index contributed by atoms with van der Waals surface area (Å²) >= 11 is 0. The summed E-state index contributed by atoms with van der Waals surface area (Å²) < 4.78 is 10.3. The predicted molar refractivity (Wildman–Crippen MR) is 90.7 cm³/mol. The highest BCUT2D eigenvalue weighted by Crippen LogP contribution is 2.13. The lowest BCUT2D eigenvalue weighted by molar-refractivity contribution is 0.179. The van der Waals surface area contributed by atoms with Crippen LogP contribution in [0.1, 0.15) is 38.1 Å². The van der Waals surface area contributed by atoms with E-state index in [1.807, 2.05) is 13.0 Å². The minimum atomic E-state index is 0. The first-order chi connectivity index (χ1) is 9.06. The maximum atomic E-state index is 5.25. The van der Waals surface area contributed by atoms with Crippen molar-refractivity contribution in [3.63, 3.8) is 0 Å². The van der Waals surface area contributed by atoms with E-state index in [1.165, 1.54) is 0 Å². The lowest BCUT2D eigenvalue weighted by Crippen LogP contribution is -2.43. The first kappa shape index (κ1) is 19.2. The monoisotopic (exact) mass is 396 g/mol. The van der Waals surface area contributed by atoms with E-state index in [0.29, 0.717) is 25.0 Å². The van der Waals surface area contributed by atoms with Gasteiger partial charge in [0.2, 0.25) is 0 Å². The average molecular weight is 396 g/mol. The van der Waals surface area contributed by atoms with Gasteiger partial charge in [-0.05, 0) is 12.8 Å². The van der Waals surface area contributed by atoms with Crippen LogP contribution < -0.4 is 10.6 Å². The molecule has 20 heavy (non-hydrogen) atoms. The van der Waals surface area contributed by atoms with Crippen molar-refractivity contribution in [2.45, 2.75) is 39.3 Å². The van der Waals surface area contributed by atoms with E-state index in [9.17, 15) is 0 Å². The SMILES string of the molecule is CN=C(NCc1cc(C(C)C)no1)NC(C)COC.I. The molecule has 0 amide bonds. The molecule has 1 rings (SSSR count). The van der Waals surface area contributed by atoms with E-state index in [-0.39, 0.29) is 30.0 Å². The Kier molecular flexibility index (Phi) is 9.56. The number of hydrogen-bond donors (Lipinski definition) is 2. The molecule has 0 aliphatic carbocycles. The van der Waals surface area contributed by atoms with E-state index >= 15 is 0 Å². The summed E-state index contributed by atoms with van der Waals surface area (Å²) in [6.45, 7) is 7.38. The fourth-order valence-electron chi connectivity index (χ4n) is 1.57. The molecule has 116 valence electrons. The smallest absolute Gasteiger partial charge is 0.191 e. The number of aromatic nitrogens is 1. The zero-order chi connectivity index (χ0) is 14.3. The molecule has 1 atom stereocenters. The molecule has 1 unspecified atom stereocenters. The van der Waals surface area contributed by atoms with E-state index < -0.39 is 0 Å². The van der Waals surface area contributed by atoms with Crippen LogP contribution in [0.2, 0.25) is 0 Å². The third-order valence-electron chi connectivity index (χ3n) is 2.62. The Labute approximate surface area is 137 Å². The number of nitrogens with one attached hydrogen (secondary N) is 2. The van der Waals surface area contributed by atoms with Gasteiger partial charge in [-0.3, -0.25) is 4.99 Å². The van der Waals surface area contributed by atoms with Crippen LogP contribution >= 0.6 is 24.0 Å². The Hall–Kier alpha value is -0.830. The minimum Gasteiger partial charge on any atom is -0.383 e. The molecule has 1 heterocycles. The van der Waals surface area contributed by atoms with E-state index in [2.05, 4.69) is 34.6 Å². The third-order valence-corrected chi connectivity index (χ3v) is 2.62. The number of aliphatic imine (C=N–C) groups is 1. The maximum absolute atomic E-state index is 5.25. The van der Waals surface area contributed by atoms with Crippen molar-refractivity contribution in [1.29, 1.82) is 0 Å². The molecular weight excluding hydrogens is 371 g/mol. The molecule has 6 nitrogen and oxygen atoms in total. The second-order valence-electron chi connectivity index (χ2n) is 4.80. The second kappa shape index (κ2) is 9.98. The van der Waals surface area contributed by atoms with Crippen LogP contribution in [0.4, 0.5) is 0 Å². The van der Waals surface area contributed by atoms with Crippen molar-refractivity contribution in [3.8, 4) is 0 Å². The highest BCUT2D eigenvalue weighted by molar-refractivity contribution is 14.0. The number of ether oxygens (including phenoxy) is 1. The number of rotatable bonds is 6. The average Bonchev–Trinajstić information content (AvgIpc) is 2.83. The minimum absolute atomic E-state index is 0. The van der Waals surface area contributed by atoms with Crippen molar-refractivity contribution in [3.05, 3.63) is 17.5 Å². The molecule has 0 bridgehead atoms. The zero-order valence-electron chi connectivity index (χ0n) is 12.8. The molecular formula is C13H25IN4O2. The van der Waals surface area contributed by atoms with Gasteiger partial charge >= 0.3 is 0 Å². The van der Waals surface area contributed by atoms with Gasteiger partial charge < -0.3 is 19.9 Å². The molecule has 0 fully saturated rings. The molecule has 2 N–H and O–H groups in total. The second-order valence-corrected chi connectivity index (χ2v) is 4.80. The Morgan fingerprint density at radius 2 is 2.15 bits per heavy atom. The molecule has 0 aromatic carbocycles. The summed E-state index contributed by atoms with van der Waals surface area (Å²) in [6, 6.07) is 2.15. The van der Waals surface area contributed by atoms with Crippen molar-refractivity contribution in [1.82, 2.24) is 15.8 Å². The summed E-state index contributed by atoms with van der Waals surface area (Å²) in [7, 11) is 3.41. The van der Waals surface area contributed by atoms with Crippen molar-refractivity contribution >= 4 is 29.9 Å². The largest absolute Gasteiger partial charge is 0.383 e. The number of halogens is 1. The molecule has 0 aliphatic heterocycles. The summed E-state index contributed by atoms with van der Waals surface area (Å²) in [6.07, 6.45) is 0. The Morgan fingerprint density at radius 1 is 1.45 bits per heavy atom. The number of guanidine groups is 1. The van der Waals surface area contributed by atoms with Crippen molar-refractivity contribution in [2.75, 3.05) is 20.8 Å². The van der Waals surface area contributed by atoms with Gasteiger partial charge in [0.15, 0.2) is 11.7 Å². The standard InChI is InChI=1S/C13H24N4O2.HI/c1-9(2)12-6-11(19-17-12)7-15-13(14-4)16-10(3)8-18-5;/h6,9-10H,7-8H2,1-5H3,(H2,14,15,16);1H. The van der Waals surface area contributed by atoms with Crippen LogP contribution in [0.5, 0.6) is 0 Å². The molecule has 0 aliphatic rings. The number of nitrogens with zero attached hydrogens (tertiary/aromatic N) is 2. The van der Waals surface area contributed by atoms with Gasteiger partial charge in [-0.15, -0.1) is 24.0 Å². The molecule has 7 heteroatoms. The number of methoxy groups -OCH3 is 1. The first-order valence-electron chi connectivity index (χ1n) is 6.48. The summed E-state index contributed by atoms with van der Waals surface area (Å²) in [5.74, 6) is 1.88. The fourth-order valence-corrected chi connectivity index (χ4v) is 1.57. The van der Waals surface area contributed by atoms with Crippen LogP contribution in [0.3, 0.4) is 0 Å². The van der Waals surface area contributed by atoms with Gasteiger partial charge in [0, 0.05) is 26.3 Å². The highest BCUT2D eigenvalue weighted by Gasteiger charge is 2.09. The Bertz CT molecular complexity index is 407. The number of hydrogen-bond acceptors (Lipinski definition) is 4. The van der Waals surface area contributed by atoms with Crippen LogP contribution in [0.15, 0.2) is 15.6 Å². The maximum Gasteiger partial charge on any atom is 0.191 e. The molecule has 1 aromatic heterocycles. The zero-order valence-corrected chi connectivity index (χ0v) is 15.1. The molecule has 1 aromatic rings. The summed E-state index contributed by atoms with van der Waals surface area (Å²) in [4.78, 5) is 4.14.